The average molecular weight is 320 g/mol. The minimum absolute atomic E-state index is 0.104. The molecule has 3 atom stereocenters. The smallest absolute Gasteiger partial charge is 0.352 e. The standard InChI is InChI=1S/C11H16N2O7S/c1-5(14)8-7-2-6(3-21(18,19)4-20-12)9(11(16)17)13(7)10(8)15/h5,7-8,14H,2-4,12H2,1H3,(H,16,17). The molecule has 0 bridgehead atoms. The average Bonchev–Trinajstić information content (AvgIpc) is 2.62. The van der Waals surface area contributed by atoms with E-state index in [2.05, 4.69) is 4.84 Å². The van der Waals surface area contributed by atoms with Crippen LogP contribution in [-0.4, -0.2) is 59.2 Å². The Kier molecular flexibility index (Phi) is 4.06. The summed E-state index contributed by atoms with van der Waals surface area (Å²) < 4.78 is 23.4. The molecule has 3 unspecified atom stereocenters. The lowest BCUT2D eigenvalue weighted by molar-refractivity contribution is -0.161. The van der Waals surface area contributed by atoms with Crippen LogP contribution in [0.4, 0.5) is 0 Å². The molecular formula is C11H16N2O7S. The van der Waals surface area contributed by atoms with Gasteiger partial charge in [0.05, 0.1) is 23.8 Å². The Morgan fingerprint density at radius 3 is 2.67 bits per heavy atom. The largest absolute Gasteiger partial charge is 0.477 e. The number of amides is 1. The molecule has 1 fully saturated rings. The van der Waals surface area contributed by atoms with Gasteiger partial charge in [0.1, 0.15) is 5.70 Å². The number of aliphatic hydroxyl groups excluding tert-OH is 1. The van der Waals surface area contributed by atoms with E-state index < -0.39 is 51.5 Å². The fourth-order valence-electron chi connectivity index (χ4n) is 2.90. The summed E-state index contributed by atoms with van der Waals surface area (Å²) in [6.45, 7) is 1.44. The second-order valence-corrected chi connectivity index (χ2v) is 7.19. The summed E-state index contributed by atoms with van der Waals surface area (Å²) in [5.41, 5.74) is -0.191. The molecule has 2 aliphatic heterocycles. The van der Waals surface area contributed by atoms with Gasteiger partial charge in [-0.15, -0.1) is 0 Å². The van der Waals surface area contributed by atoms with Gasteiger partial charge in [-0.05, 0) is 18.9 Å². The summed E-state index contributed by atoms with van der Waals surface area (Å²) in [7, 11) is -3.72. The van der Waals surface area contributed by atoms with E-state index in [1.54, 1.807) is 0 Å². The first-order valence-electron chi connectivity index (χ1n) is 6.18. The Balaban J connectivity index is 2.29. The van der Waals surface area contributed by atoms with Gasteiger partial charge in [-0.25, -0.2) is 19.1 Å². The number of carbonyl (C=O) groups excluding carboxylic acids is 1. The van der Waals surface area contributed by atoms with Crippen molar-refractivity contribution in [2.24, 2.45) is 11.8 Å². The Hall–Kier alpha value is -1.49. The first-order chi connectivity index (χ1) is 9.69. The molecule has 0 aromatic carbocycles. The van der Waals surface area contributed by atoms with Crippen molar-refractivity contribution < 1.29 is 33.1 Å². The van der Waals surface area contributed by atoms with Gasteiger partial charge in [0.15, 0.2) is 15.8 Å². The molecule has 2 aliphatic rings. The number of carbonyl (C=O) groups is 2. The number of carboxylic acid groups (broad SMARTS) is 1. The molecule has 1 saturated heterocycles. The van der Waals surface area contributed by atoms with Gasteiger partial charge in [-0.1, -0.05) is 0 Å². The summed E-state index contributed by atoms with van der Waals surface area (Å²) in [5, 5.41) is 18.8. The maximum absolute atomic E-state index is 11.9. The third kappa shape index (κ3) is 2.67. The second kappa shape index (κ2) is 5.37. The predicted molar refractivity (Wildman–Crippen MR) is 69.0 cm³/mol. The molecule has 118 valence electrons. The molecule has 4 N–H and O–H groups in total. The SMILES string of the molecule is CC(O)C1C(=O)N2C(C(=O)O)=C(CS(=O)(=O)CON)CC12. The molecule has 0 spiro atoms. The van der Waals surface area contributed by atoms with E-state index >= 15 is 0 Å². The Bertz CT molecular complexity index is 610. The molecule has 0 aromatic heterocycles. The van der Waals surface area contributed by atoms with E-state index in [1.165, 1.54) is 6.92 Å². The lowest BCUT2D eigenvalue weighted by atomic mass is 9.83. The minimum Gasteiger partial charge on any atom is -0.477 e. The van der Waals surface area contributed by atoms with Crippen LogP contribution in [0.1, 0.15) is 13.3 Å². The summed E-state index contributed by atoms with van der Waals surface area (Å²) in [5.74, 6) is 0.873. The van der Waals surface area contributed by atoms with Crippen molar-refractivity contribution >= 4 is 21.7 Å². The van der Waals surface area contributed by atoms with Crippen LogP contribution < -0.4 is 5.90 Å². The second-order valence-electron chi connectivity index (χ2n) is 5.18. The van der Waals surface area contributed by atoms with Gasteiger partial charge in [-0.2, -0.15) is 0 Å². The van der Waals surface area contributed by atoms with Crippen molar-refractivity contribution in [3.05, 3.63) is 11.3 Å². The van der Waals surface area contributed by atoms with Gasteiger partial charge in [0, 0.05) is 0 Å². The number of nitrogens with zero attached hydrogens (tertiary/aromatic N) is 1. The number of rotatable bonds is 6. The summed E-state index contributed by atoms with van der Waals surface area (Å²) >= 11 is 0. The molecule has 0 saturated carbocycles. The molecule has 2 rings (SSSR count). The van der Waals surface area contributed by atoms with Crippen molar-refractivity contribution in [1.82, 2.24) is 4.90 Å². The van der Waals surface area contributed by atoms with Crippen molar-refractivity contribution in [2.45, 2.75) is 25.5 Å². The maximum Gasteiger partial charge on any atom is 0.352 e. The lowest BCUT2D eigenvalue weighted by Gasteiger charge is -2.44. The highest BCUT2D eigenvalue weighted by molar-refractivity contribution is 7.91. The topological polar surface area (TPSA) is 147 Å². The monoisotopic (exact) mass is 320 g/mol. The molecule has 1 amide bonds. The van der Waals surface area contributed by atoms with Crippen LogP contribution >= 0.6 is 0 Å². The Morgan fingerprint density at radius 1 is 1.57 bits per heavy atom. The summed E-state index contributed by atoms with van der Waals surface area (Å²) in [4.78, 5) is 28.3. The lowest BCUT2D eigenvalue weighted by Crippen LogP contribution is -2.61. The third-order valence-electron chi connectivity index (χ3n) is 3.66. The predicted octanol–water partition coefficient (Wildman–Crippen LogP) is -1.80. The fourth-order valence-corrected chi connectivity index (χ4v) is 3.98. The Morgan fingerprint density at radius 2 is 2.19 bits per heavy atom. The van der Waals surface area contributed by atoms with E-state index in [0.717, 1.165) is 4.90 Å². The molecule has 2 heterocycles. The van der Waals surface area contributed by atoms with Gasteiger partial charge < -0.3 is 15.1 Å². The third-order valence-corrected chi connectivity index (χ3v) is 4.95. The van der Waals surface area contributed by atoms with Gasteiger partial charge in [0.2, 0.25) is 5.91 Å². The van der Waals surface area contributed by atoms with Gasteiger partial charge in [0.25, 0.3) is 0 Å². The van der Waals surface area contributed by atoms with Crippen LogP contribution in [0.2, 0.25) is 0 Å². The van der Waals surface area contributed by atoms with E-state index in [0.29, 0.717) is 0 Å². The summed E-state index contributed by atoms with van der Waals surface area (Å²) in [6, 6.07) is -0.507. The number of carboxylic acids is 1. The molecule has 10 heteroatoms. The Labute approximate surface area is 120 Å². The van der Waals surface area contributed by atoms with Crippen LogP contribution in [-0.2, 0) is 24.3 Å². The van der Waals surface area contributed by atoms with E-state index in [4.69, 9.17) is 5.90 Å². The highest BCUT2D eigenvalue weighted by Crippen LogP contribution is 2.43. The van der Waals surface area contributed by atoms with Crippen LogP contribution in [0.15, 0.2) is 11.3 Å². The first-order valence-corrected chi connectivity index (χ1v) is 8.00. The van der Waals surface area contributed by atoms with Crippen molar-refractivity contribution in [3.8, 4) is 0 Å². The fraction of sp³-hybridized carbons (Fsp3) is 0.636. The number of nitrogens with two attached hydrogens (primary N) is 1. The van der Waals surface area contributed by atoms with Crippen molar-refractivity contribution in [3.63, 3.8) is 0 Å². The van der Waals surface area contributed by atoms with E-state index in [-0.39, 0.29) is 17.7 Å². The van der Waals surface area contributed by atoms with E-state index in [9.17, 15) is 28.2 Å². The van der Waals surface area contributed by atoms with Crippen LogP contribution in [0.3, 0.4) is 0 Å². The summed E-state index contributed by atoms with van der Waals surface area (Å²) in [6.07, 6.45) is -0.815. The molecule has 0 aromatic rings. The zero-order chi connectivity index (χ0) is 15.9. The van der Waals surface area contributed by atoms with Crippen LogP contribution in [0.25, 0.3) is 0 Å². The zero-order valence-electron chi connectivity index (χ0n) is 11.2. The number of aliphatic hydroxyl groups is 1. The maximum atomic E-state index is 11.9. The normalized spacial score (nSPS) is 26.6. The number of hydrogen-bond donors (Lipinski definition) is 3. The number of sulfone groups is 1. The van der Waals surface area contributed by atoms with Gasteiger partial charge in [-0.3, -0.25) is 9.63 Å². The minimum atomic E-state index is -3.72. The van der Waals surface area contributed by atoms with Crippen molar-refractivity contribution in [1.29, 1.82) is 0 Å². The van der Waals surface area contributed by atoms with Crippen molar-refractivity contribution in [2.75, 3.05) is 11.7 Å². The van der Waals surface area contributed by atoms with Crippen LogP contribution in [0, 0.1) is 5.92 Å². The molecule has 0 radical (unpaired) electrons. The van der Waals surface area contributed by atoms with Crippen LogP contribution in [0.5, 0.6) is 0 Å². The quantitative estimate of drug-likeness (QED) is 0.383. The van der Waals surface area contributed by atoms with Gasteiger partial charge >= 0.3 is 5.97 Å². The highest BCUT2D eigenvalue weighted by Gasteiger charge is 2.56. The highest BCUT2D eigenvalue weighted by atomic mass is 32.2. The number of fused-ring (bicyclic) bond motifs is 1. The zero-order valence-corrected chi connectivity index (χ0v) is 12.0. The molecule has 9 nitrogen and oxygen atoms in total. The molecule has 21 heavy (non-hydrogen) atoms. The molecular weight excluding hydrogens is 304 g/mol. The number of β-lactam (4-membered cyclic amide) rings is 1. The number of hydrogen-bond acceptors (Lipinski definition) is 7. The number of aliphatic carboxylic acids is 1. The molecule has 0 aliphatic carbocycles. The van der Waals surface area contributed by atoms with E-state index in [1.807, 2.05) is 0 Å². The first kappa shape index (κ1) is 15.9.